The van der Waals surface area contributed by atoms with Crippen LogP contribution < -0.4 is 5.32 Å². The van der Waals surface area contributed by atoms with Gasteiger partial charge >= 0.3 is 0 Å². The van der Waals surface area contributed by atoms with Gasteiger partial charge in [-0.2, -0.15) is 5.10 Å². The van der Waals surface area contributed by atoms with E-state index < -0.39 is 0 Å². The second-order valence-electron chi connectivity index (χ2n) is 5.94. The molecule has 0 aromatic carbocycles. The Balaban J connectivity index is 1.68. The molecule has 0 bridgehead atoms. The van der Waals surface area contributed by atoms with E-state index in [4.69, 9.17) is 0 Å². The summed E-state index contributed by atoms with van der Waals surface area (Å²) in [7, 11) is 0. The van der Waals surface area contributed by atoms with Gasteiger partial charge in [0.2, 0.25) is 0 Å². The zero-order chi connectivity index (χ0) is 15.2. The molecule has 1 aliphatic heterocycles. The molecule has 2 heterocycles. The zero-order valence-electron chi connectivity index (χ0n) is 13.0. The summed E-state index contributed by atoms with van der Waals surface area (Å²) in [4.78, 5) is 14.5. The molecule has 0 unspecified atom stereocenters. The predicted molar refractivity (Wildman–Crippen MR) is 81.2 cm³/mol. The highest BCUT2D eigenvalue weighted by Gasteiger charge is 2.17. The first kappa shape index (κ1) is 16.0. The molecule has 2 N–H and O–H groups in total. The number of carbonyl (C=O) groups excluding carboxylic acids is 1. The molecular weight excluding hydrogens is 268 g/mol. The number of hydrogen-bond donors (Lipinski definition) is 2. The molecule has 0 radical (unpaired) electrons. The van der Waals surface area contributed by atoms with Gasteiger partial charge in [-0.05, 0) is 45.7 Å². The Morgan fingerprint density at radius 1 is 1.48 bits per heavy atom. The van der Waals surface area contributed by atoms with Crippen LogP contribution in [0.25, 0.3) is 0 Å². The van der Waals surface area contributed by atoms with E-state index in [1.54, 1.807) is 16.9 Å². The first-order valence-corrected chi connectivity index (χ1v) is 7.80. The Morgan fingerprint density at radius 2 is 2.19 bits per heavy atom. The molecule has 1 saturated heterocycles. The van der Waals surface area contributed by atoms with E-state index in [2.05, 4.69) is 15.3 Å². The van der Waals surface area contributed by atoms with Crippen molar-refractivity contribution in [2.45, 2.75) is 45.3 Å². The standard InChI is InChI=1S/C15H26N4O2/c1-12(2)19-14(4-8-17-19)15(21)16-7-3-9-18-10-5-13(20)6-11-18/h4,8,12-13,20H,3,5-7,9-11H2,1-2H3,(H,16,21). The van der Waals surface area contributed by atoms with Gasteiger partial charge in [-0.15, -0.1) is 0 Å². The molecule has 21 heavy (non-hydrogen) atoms. The normalized spacial score (nSPS) is 17.3. The van der Waals surface area contributed by atoms with Gasteiger partial charge in [0, 0.05) is 31.9 Å². The molecule has 6 nitrogen and oxygen atoms in total. The molecule has 2 rings (SSSR count). The number of carbonyl (C=O) groups is 1. The highest BCUT2D eigenvalue weighted by Crippen LogP contribution is 2.10. The van der Waals surface area contributed by atoms with E-state index in [9.17, 15) is 9.90 Å². The van der Waals surface area contributed by atoms with Crippen LogP contribution in [0.4, 0.5) is 0 Å². The van der Waals surface area contributed by atoms with E-state index in [0.29, 0.717) is 12.2 Å². The number of aliphatic hydroxyl groups excluding tert-OH is 1. The van der Waals surface area contributed by atoms with Gasteiger partial charge in [-0.1, -0.05) is 0 Å². The van der Waals surface area contributed by atoms with E-state index in [1.807, 2.05) is 13.8 Å². The first-order valence-electron chi connectivity index (χ1n) is 7.80. The van der Waals surface area contributed by atoms with Crippen molar-refractivity contribution in [3.05, 3.63) is 18.0 Å². The third-order valence-corrected chi connectivity index (χ3v) is 3.89. The topological polar surface area (TPSA) is 70.4 Å². The smallest absolute Gasteiger partial charge is 0.269 e. The second kappa shape index (κ2) is 7.56. The number of piperidine rings is 1. The summed E-state index contributed by atoms with van der Waals surface area (Å²) in [5.74, 6) is -0.0599. The summed E-state index contributed by atoms with van der Waals surface area (Å²) in [6.07, 6.45) is 4.18. The lowest BCUT2D eigenvalue weighted by molar-refractivity contribution is 0.0815. The molecule has 0 atom stereocenters. The van der Waals surface area contributed by atoms with Gasteiger partial charge in [-0.25, -0.2) is 0 Å². The Labute approximate surface area is 126 Å². The first-order chi connectivity index (χ1) is 10.1. The minimum absolute atomic E-state index is 0.0599. The van der Waals surface area contributed by atoms with E-state index >= 15 is 0 Å². The van der Waals surface area contributed by atoms with E-state index in [-0.39, 0.29) is 18.1 Å². The number of likely N-dealkylation sites (tertiary alicyclic amines) is 1. The molecule has 6 heteroatoms. The van der Waals surface area contributed by atoms with Crippen LogP contribution >= 0.6 is 0 Å². The van der Waals surface area contributed by atoms with E-state index in [1.165, 1.54) is 0 Å². The number of aliphatic hydroxyl groups is 1. The van der Waals surface area contributed by atoms with Crippen molar-refractivity contribution in [1.29, 1.82) is 0 Å². The molecule has 0 aliphatic carbocycles. The van der Waals surface area contributed by atoms with Gasteiger partial charge in [0.05, 0.1) is 6.10 Å². The summed E-state index contributed by atoms with van der Waals surface area (Å²) >= 11 is 0. The number of nitrogens with one attached hydrogen (secondary N) is 1. The lowest BCUT2D eigenvalue weighted by atomic mass is 10.1. The van der Waals surface area contributed by atoms with Crippen LogP contribution in [0, 0.1) is 0 Å². The average Bonchev–Trinajstić information content (AvgIpc) is 2.95. The number of amides is 1. The summed E-state index contributed by atoms with van der Waals surface area (Å²) < 4.78 is 1.74. The maximum absolute atomic E-state index is 12.1. The number of nitrogens with zero attached hydrogens (tertiary/aromatic N) is 3. The Kier molecular flexibility index (Phi) is 5.76. The fourth-order valence-corrected chi connectivity index (χ4v) is 2.64. The summed E-state index contributed by atoms with van der Waals surface area (Å²) in [6.45, 7) is 7.56. The van der Waals surface area contributed by atoms with Gasteiger partial charge in [-0.3, -0.25) is 9.48 Å². The molecule has 118 valence electrons. The molecule has 1 fully saturated rings. The highest BCUT2D eigenvalue weighted by atomic mass is 16.3. The Hall–Kier alpha value is -1.40. The SMILES string of the molecule is CC(C)n1nccc1C(=O)NCCCN1CCC(O)CC1. The lowest BCUT2D eigenvalue weighted by Gasteiger charge is -2.29. The quantitative estimate of drug-likeness (QED) is 0.769. The van der Waals surface area contributed by atoms with Crippen LogP contribution in [0.5, 0.6) is 0 Å². The average molecular weight is 294 g/mol. The third-order valence-electron chi connectivity index (χ3n) is 3.89. The molecule has 1 amide bonds. The minimum atomic E-state index is -0.128. The molecule has 0 saturated carbocycles. The highest BCUT2D eigenvalue weighted by molar-refractivity contribution is 5.92. The summed E-state index contributed by atoms with van der Waals surface area (Å²) in [6, 6.07) is 1.93. The van der Waals surface area contributed by atoms with Gasteiger partial charge in [0.1, 0.15) is 5.69 Å². The maximum atomic E-state index is 12.1. The molecule has 0 spiro atoms. The Morgan fingerprint density at radius 3 is 2.86 bits per heavy atom. The lowest BCUT2D eigenvalue weighted by Crippen LogP contribution is -2.37. The number of rotatable bonds is 6. The molecule has 1 aliphatic rings. The summed E-state index contributed by atoms with van der Waals surface area (Å²) in [5, 5.41) is 16.6. The van der Waals surface area contributed by atoms with Crippen molar-refractivity contribution in [2.24, 2.45) is 0 Å². The third kappa shape index (κ3) is 4.54. The van der Waals surface area contributed by atoms with Crippen molar-refractivity contribution in [3.8, 4) is 0 Å². The van der Waals surface area contributed by atoms with Crippen molar-refractivity contribution in [2.75, 3.05) is 26.2 Å². The second-order valence-corrected chi connectivity index (χ2v) is 5.94. The molecule has 1 aromatic rings. The van der Waals surface area contributed by atoms with Crippen molar-refractivity contribution in [1.82, 2.24) is 20.0 Å². The van der Waals surface area contributed by atoms with Crippen molar-refractivity contribution < 1.29 is 9.90 Å². The zero-order valence-corrected chi connectivity index (χ0v) is 13.0. The number of aromatic nitrogens is 2. The largest absolute Gasteiger partial charge is 0.393 e. The predicted octanol–water partition coefficient (Wildman–Crippen LogP) is 1.04. The maximum Gasteiger partial charge on any atom is 0.269 e. The van der Waals surface area contributed by atoms with Crippen molar-refractivity contribution >= 4 is 5.91 Å². The van der Waals surface area contributed by atoms with E-state index in [0.717, 1.165) is 38.9 Å². The molecule has 1 aromatic heterocycles. The van der Waals surface area contributed by atoms with Crippen LogP contribution in [0.1, 0.15) is 49.6 Å². The van der Waals surface area contributed by atoms with Gasteiger partial charge < -0.3 is 15.3 Å². The van der Waals surface area contributed by atoms with Crippen molar-refractivity contribution in [3.63, 3.8) is 0 Å². The monoisotopic (exact) mass is 294 g/mol. The Bertz CT molecular complexity index is 450. The fraction of sp³-hybridized carbons (Fsp3) is 0.733. The molecular formula is C15H26N4O2. The summed E-state index contributed by atoms with van der Waals surface area (Å²) in [5.41, 5.74) is 0.617. The minimum Gasteiger partial charge on any atom is -0.393 e. The fourth-order valence-electron chi connectivity index (χ4n) is 2.64. The van der Waals surface area contributed by atoms with Crippen LogP contribution in [-0.4, -0.2) is 58.0 Å². The van der Waals surface area contributed by atoms with Crippen LogP contribution in [-0.2, 0) is 0 Å². The van der Waals surface area contributed by atoms with Crippen LogP contribution in [0.2, 0.25) is 0 Å². The van der Waals surface area contributed by atoms with Crippen LogP contribution in [0.15, 0.2) is 12.3 Å². The van der Waals surface area contributed by atoms with Gasteiger partial charge in [0.25, 0.3) is 5.91 Å². The van der Waals surface area contributed by atoms with Crippen LogP contribution in [0.3, 0.4) is 0 Å². The van der Waals surface area contributed by atoms with Gasteiger partial charge in [0.15, 0.2) is 0 Å². The number of hydrogen-bond acceptors (Lipinski definition) is 4.